The van der Waals surface area contributed by atoms with Gasteiger partial charge in [0.25, 0.3) is 5.91 Å². The van der Waals surface area contributed by atoms with E-state index in [1.165, 1.54) is 4.90 Å². The molecule has 5 nitrogen and oxygen atoms in total. The average Bonchev–Trinajstić information content (AvgIpc) is 2.44. The Hall–Kier alpha value is -1.91. The van der Waals surface area contributed by atoms with Crippen LogP contribution in [0.15, 0.2) is 18.3 Å². The zero-order chi connectivity index (χ0) is 17.2. The summed E-state index contributed by atoms with van der Waals surface area (Å²) < 4.78 is 0. The maximum atomic E-state index is 12.6. The Labute approximate surface area is 138 Å². The number of pyridine rings is 1. The average molecular weight is 317 g/mol. The van der Waals surface area contributed by atoms with E-state index in [4.69, 9.17) is 0 Å². The summed E-state index contributed by atoms with van der Waals surface area (Å²) in [6.45, 7) is 6.64. The van der Waals surface area contributed by atoms with E-state index in [0.717, 1.165) is 19.3 Å². The molecule has 2 amide bonds. The third-order valence-corrected chi connectivity index (χ3v) is 4.42. The molecule has 2 atom stereocenters. The van der Waals surface area contributed by atoms with Crippen LogP contribution in [0.5, 0.6) is 0 Å². The number of nitrogens with zero attached hydrogens (tertiary/aromatic N) is 2. The molecule has 0 unspecified atom stereocenters. The fraction of sp³-hybridized carbons (Fsp3) is 0.611. The quantitative estimate of drug-likeness (QED) is 0.931. The molecule has 23 heavy (non-hydrogen) atoms. The minimum atomic E-state index is -0.102. The van der Waals surface area contributed by atoms with Crippen LogP contribution in [0.3, 0.4) is 0 Å². The Morgan fingerprint density at radius 2 is 2.00 bits per heavy atom. The first-order valence-electron chi connectivity index (χ1n) is 8.16. The minimum Gasteiger partial charge on any atom is -0.345 e. The molecule has 2 rings (SSSR count). The first-order valence-corrected chi connectivity index (χ1v) is 8.16. The molecule has 1 aromatic heterocycles. The number of carbonyl (C=O) groups is 2. The molecule has 1 aromatic rings. The van der Waals surface area contributed by atoms with Crippen molar-refractivity contribution in [3.05, 3.63) is 23.9 Å². The lowest BCUT2D eigenvalue weighted by Crippen LogP contribution is -2.35. The molecule has 1 N–H and O–H groups in total. The predicted octanol–water partition coefficient (Wildman–Crippen LogP) is 3.18. The van der Waals surface area contributed by atoms with Crippen molar-refractivity contribution in [1.82, 2.24) is 9.88 Å². The predicted molar refractivity (Wildman–Crippen MR) is 91.2 cm³/mol. The summed E-state index contributed by atoms with van der Waals surface area (Å²) in [7, 11) is 3.40. The molecule has 1 fully saturated rings. The van der Waals surface area contributed by atoms with Gasteiger partial charge in [-0.3, -0.25) is 9.59 Å². The summed E-state index contributed by atoms with van der Waals surface area (Å²) >= 11 is 0. The van der Waals surface area contributed by atoms with E-state index in [9.17, 15) is 9.59 Å². The number of hydrogen-bond acceptors (Lipinski definition) is 3. The molecule has 0 aromatic carbocycles. The van der Waals surface area contributed by atoms with Gasteiger partial charge < -0.3 is 10.2 Å². The third kappa shape index (κ3) is 4.53. The summed E-state index contributed by atoms with van der Waals surface area (Å²) in [6, 6.07) is 3.29. The highest BCUT2D eigenvalue weighted by atomic mass is 16.2. The molecule has 5 heteroatoms. The Morgan fingerprint density at radius 1 is 1.30 bits per heavy atom. The van der Waals surface area contributed by atoms with Gasteiger partial charge in [0, 0.05) is 31.8 Å². The number of carbonyl (C=O) groups excluding carboxylic acids is 2. The molecule has 1 heterocycles. The normalized spacial score (nSPS) is 23.2. The van der Waals surface area contributed by atoms with Gasteiger partial charge in [0.1, 0.15) is 5.82 Å². The molecule has 0 bridgehead atoms. The van der Waals surface area contributed by atoms with Gasteiger partial charge in [0.15, 0.2) is 0 Å². The molecular formula is C18H27N3O2. The number of amides is 2. The minimum absolute atomic E-state index is 0.00348. The summed E-state index contributed by atoms with van der Waals surface area (Å²) in [5, 5.41) is 2.88. The SMILES string of the molecule is C[C@H]1C[C@H](C(=O)Nc2cc(C(=O)N(C)C)ccn2)CC(C)(C)C1. The molecule has 0 saturated heterocycles. The highest BCUT2D eigenvalue weighted by Crippen LogP contribution is 2.41. The van der Waals surface area contributed by atoms with Crippen molar-refractivity contribution >= 4 is 17.6 Å². The summed E-state index contributed by atoms with van der Waals surface area (Å²) in [5.74, 6) is 0.897. The Bertz CT molecular complexity index is 596. The second-order valence-corrected chi connectivity index (χ2v) is 7.73. The zero-order valence-corrected chi connectivity index (χ0v) is 14.7. The van der Waals surface area contributed by atoms with Crippen LogP contribution in [0.25, 0.3) is 0 Å². The van der Waals surface area contributed by atoms with Crippen LogP contribution in [0.2, 0.25) is 0 Å². The first-order chi connectivity index (χ1) is 10.7. The second-order valence-electron chi connectivity index (χ2n) is 7.73. The van der Waals surface area contributed by atoms with Gasteiger partial charge in [-0.15, -0.1) is 0 Å². The van der Waals surface area contributed by atoms with Crippen molar-refractivity contribution in [2.24, 2.45) is 17.3 Å². The van der Waals surface area contributed by atoms with E-state index in [-0.39, 0.29) is 23.1 Å². The number of nitrogens with one attached hydrogen (secondary N) is 1. The standard InChI is InChI=1S/C18H27N3O2/c1-12-8-14(11-18(2,3)10-12)16(22)20-15-9-13(6-7-19-15)17(23)21(4)5/h6-7,9,12,14H,8,10-11H2,1-5H3,(H,19,20,22)/t12-,14-/m0/s1. The van der Waals surface area contributed by atoms with Gasteiger partial charge in [0.05, 0.1) is 0 Å². The van der Waals surface area contributed by atoms with Crippen LogP contribution < -0.4 is 5.32 Å². The lowest BCUT2D eigenvalue weighted by Gasteiger charge is -2.38. The molecule has 1 aliphatic carbocycles. The van der Waals surface area contributed by atoms with Gasteiger partial charge >= 0.3 is 0 Å². The van der Waals surface area contributed by atoms with Crippen molar-refractivity contribution in [2.45, 2.75) is 40.0 Å². The largest absolute Gasteiger partial charge is 0.345 e. The molecule has 1 aliphatic rings. The Morgan fingerprint density at radius 3 is 2.61 bits per heavy atom. The fourth-order valence-corrected chi connectivity index (χ4v) is 3.66. The Kier molecular flexibility index (Phi) is 5.07. The molecule has 0 aliphatic heterocycles. The number of hydrogen-bond donors (Lipinski definition) is 1. The third-order valence-electron chi connectivity index (χ3n) is 4.42. The zero-order valence-electron chi connectivity index (χ0n) is 14.7. The summed E-state index contributed by atoms with van der Waals surface area (Å²) in [5.41, 5.74) is 0.716. The van der Waals surface area contributed by atoms with Gasteiger partial charge in [-0.05, 0) is 42.7 Å². The molecule has 0 radical (unpaired) electrons. The molecule has 0 spiro atoms. The van der Waals surface area contributed by atoms with E-state index in [1.54, 1.807) is 32.4 Å². The van der Waals surface area contributed by atoms with E-state index in [0.29, 0.717) is 17.3 Å². The van der Waals surface area contributed by atoms with Gasteiger partial charge in [0.2, 0.25) is 5.91 Å². The van der Waals surface area contributed by atoms with Gasteiger partial charge in [-0.25, -0.2) is 4.98 Å². The number of rotatable bonds is 3. The smallest absolute Gasteiger partial charge is 0.253 e. The monoisotopic (exact) mass is 317 g/mol. The molecule has 126 valence electrons. The van der Waals surface area contributed by atoms with Crippen LogP contribution in [-0.2, 0) is 4.79 Å². The van der Waals surface area contributed by atoms with Crippen LogP contribution in [0.4, 0.5) is 5.82 Å². The van der Waals surface area contributed by atoms with Crippen LogP contribution >= 0.6 is 0 Å². The van der Waals surface area contributed by atoms with Crippen molar-refractivity contribution in [2.75, 3.05) is 19.4 Å². The fourth-order valence-electron chi connectivity index (χ4n) is 3.66. The van der Waals surface area contributed by atoms with E-state index in [1.807, 2.05) is 0 Å². The molecular weight excluding hydrogens is 290 g/mol. The summed E-state index contributed by atoms with van der Waals surface area (Å²) in [4.78, 5) is 30.2. The molecule has 1 saturated carbocycles. The van der Waals surface area contributed by atoms with Crippen LogP contribution in [0, 0.1) is 17.3 Å². The van der Waals surface area contributed by atoms with Crippen LogP contribution in [0.1, 0.15) is 50.4 Å². The van der Waals surface area contributed by atoms with E-state index in [2.05, 4.69) is 31.1 Å². The highest BCUT2D eigenvalue weighted by molar-refractivity contribution is 5.96. The van der Waals surface area contributed by atoms with Crippen molar-refractivity contribution in [3.8, 4) is 0 Å². The second kappa shape index (κ2) is 6.69. The summed E-state index contributed by atoms with van der Waals surface area (Å²) in [6.07, 6.45) is 4.51. The maximum absolute atomic E-state index is 12.6. The van der Waals surface area contributed by atoms with Crippen LogP contribution in [-0.4, -0.2) is 35.8 Å². The van der Waals surface area contributed by atoms with Crippen molar-refractivity contribution < 1.29 is 9.59 Å². The van der Waals surface area contributed by atoms with E-state index >= 15 is 0 Å². The lowest BCUT2D eigenvalue weighted by molar-refractivity contribution is -0.122. The number of anilines is 1. The van der Waals surface area contributed by atoms with Crippen molar-refractivity contribution in [3.63, 3.8) is 0 Å². The number of aromatic nitrogens is 1. The highest BCUT2D eigenvalue weighted by Gasteiger charge is 2.35. The lowest BCUT2D eigenvalue weighted by atomic mass is 9.68. The first kappa shape index (κ1) is 17.4. The van der Waals surface area contributed by atoms with Crippen molar-refractivity contribution in [1.29, 1.82) is 0 Å². The topological polar surface area (TPSA) is 62.3 Å². The van der Waals surface area contributed by atoms with Gasteiger partial charge in [-0.2, -0.15) is 0 Å². The van der Waals surface area contributed by atoms with Gasteiger partial charge in [-0.1, -0.05) is 20.8 Å². The Balaban J connectivity index is 2.08. The van der Waals surface area contributed by atoms with E-state index < -0.39 is 0 Å². The maximum Gasteiger partial charge on any atom is 0.253 e.